The van der Waals surface area contributed by atoms with Crippen LogP contribution >= 0.6 is 11.6 Å². The van der Waals surface area contributed by atoms with Crippen LogP contribution in [0.1, 0.15) is 36.2 Å². The minimum Gasteiger partial charge on any atom is -0.478 e. The van der Waals surface area contributed by atoms with Crippen molar-refractivity contribution in [2.24, 2.45) is 0 Å². The smallest absolute Gasteiger partial charge is 0.336 e. The predicted octanol–water partition coefficient (Wildman–Crippen LogP) is 1.79. The third-order valence-corrected chi connectivity index (χ3v) is 5.00. The molecule has 0 spiro atoms. The van der Waals surface area contributed by atoms with E-state index in [1.807, 2.05) is 0 Å². The molecule has 0 fully saturated rings. The first-order chi connectivity index (χ1) is 9.50. The van der Waals surface area contributed by atoms with Crippen molar-refractivity contribution in [1.29, 1.82) is 0 Å². The number of nitrogens with one attached hydrogen (secondary N) is 1. The Morgan fingerprint density at radius 3 is 2.48 bits per heavy atom. The highest BCUT2D eigenvalue weighted by Crippen LogP contribution is 2.24. The van der Waals surface area contributed by atoms with Crippen LogP contribution in [0.15, 0.2) is 17.0 Å². The minimum absolute atomic E-state index is 0.0145. The van der Waals surface area contributed by atoms with Crippen LogP contribution in [0, 0.1) is 6.92 Å². The Kier molecular flexibility index (Phi) is 5.38. The number of halogens is 1. The molecule has 0 saturated heterocycles. The second-order valence-corrected chi connectivity index (χ2v) is 7.23. The van der Waals surface area contributed by atoms with Crippen LogP contribution in [0.4, 0.5) is 0 Å². The second kappa shape index (κ2) is 6.31. The molecule has 1 atom stereocenters. The topological polar surface area (TPSA) is 104 Å². The highest BCUT2D eigenvalue weighted by Gasteiger charge is 2.25. The zero-order chi connectivity index (χ0) is 16.4. The Morgan fingerprint density at radius 2 is 2.00 bits per heavy atom. The molecule has 1 aromatic rings. The van der Waals surface area contributed by atoms with E-state index >= 15 is 0 Å². The van der Waals surface area contributed by atoms with Crippen molar-refractivity contribution in [2.45, 2.75) is 37.7 Å². The maximum atomic E-state index is 12.3. The molecule has 21 heavy (non-hydrogen) atoms. The summed E-state index contributed by atoms with van der Waals surface area (Å²) in [6.45, 7) is 4.44. The van der Waals surface area contributed by atoms with Crippen molar-refractivity contribution in [3.63, 3.8) is 0 Å². The van der Waals surface area contributed by atoms with Gasteiger partial charge in [-0.1, -0.05) is 18.5 Å². The van der Waals surface area contributed by atoms with Gasteiger partial charge in [0.2, 0.25) is 10.0 Å². The van der Waals surface area contributed by atoms with Gasteiger partial charge in [0.1, 0.15) is 0 Å². The molecule has 8 heteroatoms. The summed E-state index contributed by atoms with van der Waals surface area (Å²) in [7, 11) is -3.97. The number of sulfonamides is 1. The minimum atomic E-state index is -3.97. The summed E-state index contributed by atoms with van der Waals surface area (Å²) in [5.74, 6) is -1.26. The van der Waals surface area contributed by atoms with Crippen LogP contribution in [0.2, 0.25) is 5.02 Å². The standard InChI is InChI=1S/C13H18ClNO5S/c1-4-13(3,18)7-15-21(19,20)11-6-9(14)5-10(8(11)2)12(16)17/h5-6,15,18H,4,7H2,1-3H3,(H,16,17). The van der Waals surface area contributed by atoms with Gasteiger partial charge in [-0.25, -0.2) is 17.9 Å². The van der Waals surface area contributed by atoms with E-state index in [9.17, 15) is 18.3 Å². The first kappa shape index (κ1) is 17.9. The van der Waals surface area contributed by atoms with Crippen molar-refractivity contribution < 1.29 is 23.4 Å². The Labute approximate surface area is 128 Å². The molecule has 0 heterocycles. The van der Waals surface area contributed by atoms with E-state index in [-0.39, 0.29) is 27.6 Å². The van der Waals surface area contributed by atoms with Crippen LogP contribution in [0.3, 0.4) is 0 Å². The van der Waals surface area contributed by atoms with Crippen molar-refractivity contribution >= 4 is 27.6 Å². The summed E-state index contributed by atoms with van der Waals surface area (Å²) < 4.78 is 26.8. The van der Waals surface area contributed by atoms with E-state index in [1.165, 1.54) is 26.0 Å². The van der Waals surface area contributed by atoms with E-state index in [4.69, 9.17) is 16.7 Å². The van der Waals surface area contributed by atoms with Gasteiger partial charge >= 0.3 is 5.97 Å². The first-order valence-corrected chi connectivity index (χ1v) is 8.12. The summed E-state index contributed by atoms with van der Waals surface area (Å²) in [5.41, 5.74) is -1.27. The highest BCUT2D eigenvalue weighted by atomic mass is 35.5. The van der Waals surface area contributed by atoms with E-state index in [0.29, 0.717) is 6.42 Å². The number of benzene rings is 1. The molecule has 6 nitrogen and oxygen atoms in total. The summed E-state index contributed by atoms with van der Waals surface area (Å²) in [5, 5.41) is 18.9. The quantitative estimate of drug-likeness (QED) is 0.735. The fourth-order valence-corrected chi connectivity index (χ4v) is 3.34. The number of hydrogen-bond acceptors (Lipinski definition) is 4. The fourth-order valence-electron chi connectivity index (χ4n) is 1.61. The lowest BCUT2D eigenvalue weighted by Gasteiger charge is -2.22. The lowest BCUT2D eigenvalue weighted by Crippen LogP contribution is -2.40. The highest BCUT2D eigenvalue weighted by molar-refractivity contribution is 7.89. The molecule has 0 amide bonds. The molecule has 1 unspecified atom stereocenters. The first-order valence-electron chi connectivity index (χ1n) is 6.25. The van der Waals surface area contributed by atoms with Crippen molar-refractivity contribution in [1.82, 2.24) is 4.72 Å². The number of aromatic carboxylic acids is 1. The summed E-state index contributed by atoms with van der Waals surface area (Å²) in [6.07, 6.45) is 0.365. The van der Waals surface area contributed by atoms with Gasteiger partial charge in [0.25, 0.3) is 0 Å². The Morgan fingerprint density at radius 1 is 1.43 bits per heavy atom. The van der Waals surface area contributed by atoms with Gasteiger partial charge in [-0.15, -0.1) is 0 Å². The van der Waals surface area contributed by atoms with Crippen LogP contribution in [-0.2, 0) is 10.0 Å². The summed E-state index contributed by atoms with van der Waals surface area (Å²) in [4.78, 5) is 10.9. The average Bonchev–Trinajstić information content (AvgIpc) is 2.38. The van der Waals surface area contributed by atoms with Gasteiger partial charge in [0.15, 0.2) is 0 Å². The van der Waals surface area contributed by atoms with Crippen molar-refractivity contribution in [3.8, 4) is 0 Å². The van der Waals surface area contributed by atoms with Gasteiger partial charge in [0, 0.05) is 11.6 Å². The number of hydrogen-bond donors (Lipinski definition) is 3. The van der Waals surface area contributed by atoms with Crippen LogP contribution in [-0.4, -0.2) is 36.7 Å². The van der Waals surface area contributed by atoms with Gasteiger partial charge in [-0.2, -0.15) is 0 Å². The number of carboxylic acid groups (broad SMARTS) is 1. The molecule has 0 aliphatic heterocycles. The average molecular weight is 336 g/mol. The molecular formula is C13H18ClNO5S. The number of rotatable bonds is 6. The van der Waals surface area contributed by atoms with Crippen LogP contribution < -0.4 is 4.72 Å². The van der Waals surface area contributed by atoms with Crippen LogP contribution in [0.25, 0.3) is 0 Å². The molecule has 0 aliphatic rings. The lowest BCUT2D eigenvalue weighted by atomic mass is 10.1. The van der Waals surface area contributed by atoms with Gasteiger partial charge in [-0.05, 0) is 38.0 Å². The van der Waals surface area contributed by atoms with Crippen LogP contribution in [0.5, 0.6) is 0 Å². The molecule has 0 aromatic heterocycles. The number of carbonyl (C=O) groups is 1. The summed E-state index contributed by atoms with van der Waals surface area (Å²) >= 11 is 5.78. The Balaban J connectivity index is 3.23. The second-order valence-electron chi connectivity index (χ2n) is 5.06. The predicted molar refractivity (Wildman–Crippen MR) is 79.3 cm³/mol. The molecule has 0 radical (unpaired) electrons. The zero-order valence-electron chi connectivity index (χ0n) is 12.0. The van der Waals surface area contributed by atoms with Gasteiger partial charge < -0.3 is 10.2 Å². The molecule has 0 aliphatic carbocycles. The molecule has 118 valence electrons. The zero-order valence-corrected chi connectivity index (χ0v) is 13.5. The maximum absolute atomic E-state index is 12.3. The van der Waals surface area contributed by atoms with E-state index < -0.39 is 21.6 Å². The molecule has 1 rings (SSSR count). The van der Waals surface area contributed by atoms with E-state index in [0.717, 1.165) is 0 Å². The molecular weight excluding hydrogens is 318 g/mol. The maximum Gasteiger partial charge on any atom is 0.336 e. The van der Waals surface area contributed by atoms with E-state index in [1.54, 1.807) is 6.92 Å². The summed E-state index contributed by atoms with van der Waals surface area (Å²) in [6, 6.07) is 2.38. The third-order valence-electron chi connectivity index (χ3n) is 3.25. The van der Waals surface area contributed by atoms with Gasteiger partial charge in [-0.3, -0.25) is 0 Å². The lowest BCUT2D eigenvalue weighted by molar-refractivity contribution is 0.0613. The fraction of sp³-hybridized carbons (Fsp3) is 0.462. The SMILES string of the molecule is CCC(C)(O)CNS(=O)(=O)c1cc(Cl)cc(C(=O)O)c1C. The molecule has 0 saturated carbocycles. The van der Waals surface area contributed by atoms with Crippen molar-refractivity contribution in [3.05, 3.63) is 28.3 Å². The number of carboxylic acids is 1. The number of aliphatic hydroxyl groups is 1. The third kappa shape index (κ3) is 4.41. The Hall–Kier alpha value is -1.15. The van der Waals surface area contributed by atoms with Gasteiger partial charge in [0.05, 0.1) is 16.1 Å². The van der Waals surface area contributed by atoms with E-state index in [2.05, 4.69) is 4.72 Å². The normalized spacial score (nSPS) is 14.7. The monoisotopic (exact) mass is 335 g/mol. The van der Waals surface area contributed by atoms with Crippen molar-refractivity contribution in [2.75, 3.05) is 6.54 Å². The Bertz CT molecular complexity index is 655. The largest absolute Gasteiger partial charge is 0.478 e. The molecule has 0 bridgehead atoms. The molecule has 1 aromatic carbocycles. The molecule has 3 N–H and O–H groups in total.